The first kappa shape index (κ1) is 30.6. The van der Waals surface area contributed by atoms with Crippen molar-refractivity contribution < 1.29 is 10.2 Å². The van der Waals surface area contributed by atoms with Gasteiger partial charge >= 0.3 is 0 Å². The summed E-state index contributed by atoms with van der Waals surface area (Å²) in [7, 11) is 0. The van der Waals surface area contributed by atoms with E-state index >= 15 is 0 Å². The molecule has 0 saturated carbocycles. The van der Waals surface area contributed by atoms with Crippen LogP contribution < -0.4 is 10.6 Å². The van der Waals surface area contributed by atoms with E-state index in [1.165, 1.54) is 0 Å². The summed E-state index contributed by atoms with van der Waals surface area (Å²) >= 11 is 0. The average molecular weight is 655 g/mol. The van der Waals surface area contributed by atoms with Gasteiger partial charge in [-0.25, -0.2) is 9.97 Å². The van der Waals surface area contributed by atoms with Crippen LogP contribution >= 0.6 is 0 Å². The Morgan fingerprint density at radius 3 is 1.36 bits per heavy atom. The van der Waals surface area contributed by atoms with Crippen molar-refractivity contribution in [1.29, 1.82) is 10.5 Å². The molecule has 2 atom stereocenters. The van der Waals surface area contributed by atoms with Gasteiger partial charge in [0.1, 0.15) is 12.1 Å². The lowest BCUT2D eigenvalue weighted by atomic mass is 9.97. The second kappa shape index (κ2) is 12.1. The monoisotopic (exact) mass is 654 g/mol. The number of aliphatic hydroxyl groups is 2. The van der Waals surface area contributed by atoms with Gasteiger partial charge in [0.15, 0.2) is 24.1 Å². The third-order valence-electron chi connectivity index (χ3n) is 9.42. The Balaban J connectivity index is 0.990. The highest BCUT2D eigenvalue weighted by Crippen LogP contribution is 2.40. The van der Waals surface area contributed by atoms with Crippen LogP contribution in [-0.4, -0.2) is 29.3 Å². The Bertz CT molecular complexity index is 2370. The zero-order valence-electron chi connectivity index (χ0n) is 27.1. The number of aromatic nitrogens is 4. The molecule has 2 unspecified atom stereocenters. The topological polar surface area (TPSA) is 148 Å². The molecule has 0 spiro atoms. The maximum Gasteiger partial charge on any atom is 0.160 e. The second-order valence-corrected chi connectivity index (χ2v) is 12.2. The van der Waals surface area contributed by atoms with Gasteiger partial charge < -0.3 is 20.8 Å². The van der Waals surface area contributed by atoms with E-state index in [1.54, 1.807) is 21.5 Å². The normalized spacial score (nSPS) is 18.7. The number of hydrogen-bond donors (Lipinski definition) is 4. The van der Waals surface area contributed by atoms with Crippen molar-refractivity contribution in [2.45, 2.75) is 26.3 Å². The highest BCUT2D eigenvalue weighted by Gasteiger charge is 2.32. The van der Waals surface area contributed by atoms with Gasteiger partial charge in [-0.2, -0.15) is 10.5 Å². The van der Waals surface area contributed by atoms with E-state index in [2.05, 4.69) is 32.7 Å². The number of nitrogens with one attached hydrogen (secondary N) is 2. The van der Waals surface area contributed by atoms with E-state index < -0.39 is 12.5 Å². The van der Waals surface area contributed by atoms with Crippen molar-refractivity contribution >= 4 is 44.6 Å². The molecule has 2 aliphatic heterocycles. The summed E-state index contributed by atoms with van der Waals surface area (Å²) in [5.41, 5.74) is 10.0. The molecule has 6 aromatic rings. The lowest BCUT2D eigenvalue weighted by Crippen LogP contribution is -2.20. The van der Waals surface area contributed by atoms with Crippen LogP contribution in [0, 0.1) is 22.7 Å². The highest BCUT2D eigenvalue weighted by molar-refractivity contribution is 5.89. The van der Waals surface area contributed by atoms with Gasteiger partial charge in [0.2, 0.25) is 0 Å². The molecule has 10 heteroatoms. The van der Waals surface area contributed by atoms with E-state index in [1.807, 2.05) is 111 Å². The highest BCUT2D eigenvalue weighted by atomic mass is 16.3. The summed E-state index contributed by atoms with van der Waals surface area (Å²) in [6.45, 7) is 3.65. The minimum atomic E-state index is -0.998. The Morgan fingerprint density at radius 2 is 0.980 bits per heavy atom. The van der Waals surface area contributed by atoms with E-state index in [0.717, 1.165) is 44.6 Å². The summed E-state index contributed by atoms with van der Waals surface area (Å²) in [5, 5.41) is 49.2. The van der Waals surface area contributed by atoms with E-state index in [0.29, 0.717) is 45.1 Å². The van der Waals surface area contributed by atoms with Crippen LogP contribution in [0.25, 0.3) is 44.3 Å². The zero-order valence-corrected chi connectivity index (χ0v) is 27.1. The number of benzene rings is 4. The first-order valence-electron chi connectivity index (χ1n) is 16.0. The third kappa shape index (κ3) is 4.87. The van der Waals surface area contributed by atoms with Crippen molar-refractivity contribution in [1.82, 2.24) is 19.1 Å². The summed E-state index contributed by atoms with van der Waals surface area (Å²) in [6.07, 6.45) is 1.49. The fourth-order valence-corrected chi connectivity index (χ4v) is 6.70. The van der Waals surface area contributed by atoms with Crippen molar-refractivity contribution in [2.75, 3.05) is 10.6 Å². The molecule has 8 rings (SSSR count). The van der Waals surface area contributed by atoms with Gasteiger partial charge in [0.25, 0.3) is 0 Å². The predicted octanol–water partition coefficient (Wildman–Crippen LogP) is 7.65. The Labute approximate surface area is 287 Å². The summed E-state index contributed by atoms with van der Waals surface area (Å²) in [4.78, 5) is 9.21. The zero-order chi connectivity index (χ0) is 34.5. The van der Waals surface area contributed by atoms with Crippen LogP contribution in [0.1, 0.15) is 38.0 Å². The molecule has 0 saturated heterocycles. The fraction of sp³-hybridized carbons (Fsp3) is 0.100. The van der Waals surface area contributed by atoms with Gasteiger partial charge in [-0.3, -0.25) is 9.13 Å². The number of aliphatic hydroxyl groups excluding tert-OH is 2. The van der Waals surface area contributed by atoms with Gasteiger partial charge in [0.05, 0.1) is 33.2 Å². The maximum atomic E-state index is 11.3. The van der Waals surface area contributed by atoms with Crippen LogP contribution in [0.15, 0.2) is 132 Å². The number of para-hydroxylation sites is 4. The van der Waals surface area contributed by atoms with Gasteiger partial charge in [0, 0.05) is 34.9 Å². The van der Waals surface area contributed by atoms with Crippen molar-refractivity contribution in [3.05, 3.63) is 143 Å². The SMILES string of the molecule is CC1=C(C#N)c2nc3ccccc3n2C(O)/C1=C\Nc1ccc(-c2ccc(N/C=C3/C(C)=C(C#N)c4nc5ccccc5n4C3O)cc2)cc1. The molecule has 4 aromatic carbocycles. The number of nitriles is 2. The number of fused-ring (bicyclic) bond motifs is 6. The molecule has 0 aliphatic carbocycles. The van der Waals surface area contributed by atoms with E-state index in [4.69, 9.17) is 0 Å². The van der Waals surface area contributed by atoms with E-state index in [-0.39, 0.29) is 0 Å². The molecule has 2 aliphatic rings. The van der Waals surface area contributed by atoms with Crippen LogP contribution in [0.3, 0.4) is 0 Å². The Kier molecular flexibility index (Phi) is 7.38. The standard InChI is InChI=1S/C40H30N8O2/c1-23-29(19-41)37-45-33-7-3-5-9-35(33)47(37)39(49)31(23)21-43-27-15-11-25(12-16-27)26-13-17-28(18-14-26)44-22-32-24(2)30(20-42)38-46-34-8-4-6-10-36(34)48(38)40(32)50/h3-18,21-22,39-40,43-44,49-50H,1-2H3/b31-21-,32-22-. The van der Waals surface area contributed by atoms with Gasteiger partial charge in [-0.1, -0.05) is 48.5 Å². The van der Waals surface area contributed by atoms with Crippen LogP contribution in [0.5, 0.6) is 0 Å². The minimum Gasteiger partial charge on any atom is -0.369 e. The molecule has 50 heavy (non-hydrogen) atoms. The number of hydrogen-bond acceptors (Lipinski definition) is 8. The molecule has 4 heterocycles. The second-order valence-electron chi connectivity index (χ2n) is 12.2. The smallest absolute Gasteiger partial charge is 0.160 e. The molecule has 4 N–H and O–H groups in total. The van der Waals surface area contributed by atoms with E-state index in [9.17, 15) is 20.7 Å². The molecule has 242 valence electrons. The fourth-order valence-electron chi connectivity index (χ4n) is 6.70. The first-order chi connectivity index (χ1) is 24.4. The first-order valence-corrected chi connectivity index (χ1v) is 16.0. The summed E-state index contributed by atoms with van der Waals surface area (Å²) in [6, 6.07) is 35.5. The number of imidazole rings is 2. The summed E-state index contributed by atoms with van der Waals surface area (Å²) in [5.74, 6) is 0.929. The summed E-state index contributed by atoms with van der Waals surface area (Å²) < 4.78 is 3.39. The molecular weight excluding hydrogens is 624 g/mol. The lowest BCUT2D eigenvalue weighted by Gasteiger charge is -2.26. The molecule has 2 aromatic heterocycles. The van der Waals surface area contributed by atoms with Crippen molar-refractivity contribution in [2.24, 2.45) is 0 Å². The third-order valence-corrected chi connectivity index (χ3v) is 9.42. The van der Waals surface area contributed by atoms with Crippen molar-refractivity contribution in [3.8, 4) is 23.3 Å². The van der Waals surface area contributed by atoms with Gasteiger partial charge in [-0.15, -0.1) is 0 Å². The maximum absolute atomic E-state index is 11.3. The Morgan fingerprint density at radius 1 is 0.600 bits per heavy atom. The minimum absolute atomic E-state index is 0.429. The number of anilines is 2. The quantitative estimate of drug-likeness (QED) is 0.148. The van der Waals surface area contributed by atoms with Gasteiger partial charge in [-0.05, 0) is 84.7 Å². The molecule has 0 fully saturated rings. The number of allylic oxidation sites excluding steroid dienone is 2. The van der Waals surface area contributed by atoms with Crippen LogP contribution in [0.4, 0.5) is 11.4 Å². The van der Waals surface area contributed by atoms with Crippen molar-refractivity contribution in [3.63, 3.8) is 0 Å². The van der Waals surface area contributed by atoms with Crippen LogP contribution in [0.2, 0.25) is 0 Å². The number of rotatable bonds is 5. The molecule has 0 radical (unpaired) electrons. The molecular formula is C40H30N8O2. The van der Waals surface area contributed by atoms with Crippen LogP contribution in [-0.2, 0) is 0 Å². The largest absolute Gasteiger partial charge is 0.369 e. The predicted molar refractivity (Wildman–Crippen MR) is 194 cm³/mol. The molecule has 0 bridgehead atoms. The number of nitrogens with zero attached hydrogens (tertiary/aromatic N) is 6. The molecule has 10 nitrogen and oxygen atoms in total. The average Bonchev–Trinajstić information content (AvgIpc) is 3.72. The Hall–Kier alpha value is -6.72. The lowest BCUT2D eigenvalue weighted by molar-refractivity contribution is 0.145. The molecule has 0 amide bonds.